The molecular formula is C26H18Cl3NO. The molecule has 0 aliphatic carbocycles. The van der Waals surface area contributed by atoms with Crippen molar-refractivity contribution < 1.29 is 4.79 Å². The summed E-state index contributed by atoms with van der Waals surface area (Å²) in [7, 11) is 0. The molecule has 0 aromatic heterocycles. The Morgan fingerprint density at radius 3 is 2.39 bits per heavy atom. The predicted octanol–water partition coefficient (Wildman–Crippen LogP) is 7.87. The van der Waals surface area contributed by atoms with Crippen molar-refractivity contribution in [1.82, 2.24) is 0 Å². The van der Waals surface area contributed by atoms with Gasteiger partial charge < -0.3 is 4.90 Å². The fourth-order valence-electron chi connectivity index (χ4n) is 4.39. The molecule has 0 saturated heterocycles. The Hall–Kier alpha value is -2.52. The van der Waals surface area contributed by atoms with Crippen molar-refractivity contribution in [2.45, 2.75) is 18.9 Å². The van der Waals surface area contributed by atoms with Crippen molar-refractivity contribution in [1.29, 1.82) is 0 Å². The predicted molar refractivity (Wildman–Crippen MR) is 130 cm³/mol. The molecule has 1 amide bonds. The maximum Gasteiger partial charge on any atom is 0.228 e. The SMILES string of the molecule is O=C1CC(c2ccc(Cl)c(Cl)c2)c2c(ccc3ccccc23)N1Cc1ccccc1Cl. The number of benzene rings is 4. The van der Waals surface area contributed by atoms with Gasteiger partial charge in [-0.05, 0) is 51.7 Å². The van der Waals surface area contributed by atoms with E-state index >= 15 is 0 Å². The number of hydrogen-bond acceptors (Lipinski definition) is 1. The molecule has 1 heterocycles. The van der Waals surface area contributed by atoms with Crippen molar-refractivity contribution in [2.75, 3.05) is 4.90 Å². The first-order valence-corrected chi connectivity index (χ1v) is 11.2. The van der Waals surface area contributed by atoms with Gasteiger partial charge in [-0.25, -0.2) is 0 Å². The van der Waals surface area contributed by atoms with Gasteiger partial charge in [0, 0.05) is 23.0 Å². The first kappa shape index (κ1) is 20.4. The van der Waals surface area contributed by atoms with E-state index in [9.17, 15) is 4.79 Å². The quantitative estimate of drug-likeness (QED) is 0.301. The molecule has 4 aromatic rings. The summed E-state index contributed by atoms with van der Waals surface area (Å²) >= 11 is 18.9. The Morgan fingerprint density at radius 2 is 1.58 bits per heavy atom. The second-order valence-corrected chi connectivity index (χ2v) is 8.94. The Bertz CT molecular complexity index is 1320. The van der Waals surface area contributed by atoms with Gasteiger partial charge in [0.25, 0.3) is 0 Å². The number of nitrogens with zero attached hydrogens (tertiary/aromatic N) is 1. The van der Waals surface area contributed by atoms with E-state index in [1.807, 2.05) is 59.5 Å². The molecule has 154 valence electrons. The normalized spacial score (nSPS) is 15.9. The lowest BCUT2D eigenvalue weighted by Gasteiger charge is -2.35. The Labute approximate surface area is 196 Å². The molecule has 5 heteroatoms. The van der Waals surface area contributed by atoms with Gasteiger partial charge in [0.05, 0.1) is 16.6 Å². The number of amides is 1. The molecule has 31 heavy (non-hydrogen) atoms. The van der Waals surface area contributed by atoms with Crippen LogP contribution in [0, 0.1) is 0 Å². The highest BCUT2D eigenvalue weighted by molar-refractivity contribution is 6.42. The minimum atomic E-state index is -0.106. The van der Waals surface area contributed by atoms with Crippen LogP contribution in [0.25, 0.3) is 10.8 Å². The van der Waals surface area contributed by atoms with Gasteiger partial charge in [-0.1, -0.05) is 89.4 Å². The number of halogens is 3. The van der Waals surface area contributed by atoms with E-state index in [2.05, 4.69) is 18.2 Å². The van der Waals surface area contributed by atoms with Gasteiger partial charge in [-0.3, -0.25) is 4.79 Å². The fourth-order valence-corrected chi connectivity index (χ4v) is 4.89. The van der Waals surface area contributed by atoms with Crippen LogP contribution in [-0.4, -0.2) is 5.91 Å². The molecule has 0 saturated carbocycles. The second-order valence-electron chi connectivity index (χ2n) is 7.72. The topological polar surface area (TPSA) is 20.3 Å². The molecule has 5 rings (SSSR count). The summed E-state index contributed by atoms with van der Waals surface area (Å²) in [4.78, 5) is 15.2. The van der Waals surface area contributed by atoms with E-state index in [-0.39, 0.29) is 11.8 Å². The first-order valence-electron chi connectivity index (χ1n) is 10.0. The van der Waals surface area contributed by atoms with Gasteiger partial charge in [0.1, 0.15) is 0 Å². The van der Waals surface area contributed by atoms with Gasteiger partial charge in [0.15, 0.2) is 0 Å². The standard InChI is InChI=1S/C26H18Cl3NO/c27-21-8-4-2-6-18(21)15-30-24-12-10-16-5-1-3-7-19(16)26(24)20(14-25(30)31)17-9-11-22(28)23(29)13-17/h1-13,20H,14-15H2. The van der Waals surface area contributed by atoms with E-state index < -0.39 is 0 Å². The number of carbonyl (C=O) groups is 1. The molecule has 2 nitrogen and oxygen atoms in total. The number of fused-ring (bicyclic) bond motifs is 3. The van der Waals surface area contributed by atoms with E-state index in [1.54, 1.807) is 6.07 Å². The third-order valence-corrected chi connectivity index (χ3v) is 7.01. The fraction of sp³-hybridized carbons (Fsp3) is 0.115. The number of rotatable bonds is 3. The highest BCUT2D eigenvalue weighted by atomic mass is 35.5. The zero-order valence-corrected chi connectivity index (χ0v) is 18.8. The average molecular weight is 467 g/mol. The summed E-state index contributed by atoms with van der Waals surface area (Å²) in [6.45, 7) is 0.429. The van der Waals surface area contributed by atoms with Crippen LogP contribution in [0.3, 0.4) is 0 Å². The summed E-state index contributed by atoms with van der Waals surface area (Å²) in [5.41, 5.74) is 3.94. The van der Waals surface area contributed by atoms with Crippen molar-refractivity contribution in [2.24, 2.45) is 0 Å². The van der Waals surface area contributed by atoms with Crippen LogP contribution in [0.1, 0.15) is 29.0 Å². The highest BCUT2D eigenvalue weighted by Crippen LogP contribution is 2.45. The Kier molecular flexibility index (Phi) is 5.39. The summed E-state index contributed by atoms with van der Waals surface area (Å²) in [5, 5.41) is 3.92. The van der Waals surface area contributed by atoms with Gasteiger partial charge in [0.2, 0.25) is 5.91 Å². The molecule has 0 fully saturated rings. The summed E-state index contributed by atoms with van der Waals surface area (Å²) in [6, 6.07) is 25.6. The molecule has 1 aliphatic heterocycles. The zero-order chi connectivity index (χ0) is 21.5. The van der Waals surface area contributed by atoms with E-state index in [0.717, 1.165) is 33.2 Å². The van der Waals surface area contributed by atoms with Gasteiger partial charge in [-0.15, -0.1) is 0 Å². The van der Waals surface area contributed by atoms with Crippen LogP contribution in [0.5, 0.6) is 0 Å². The number of hydrogen-bond donors (Lipinski definition) is 0. The zero-order valence-electron chi connectivity index (χ0n) is 16.5. The van der Waals surface area contributed by atoms with Crippen LogP contribution in [-0.2, 0) is 11.3 Å². The largest absolute Gasteiger partial charge is 0.308 e. The monoisotopic (exact) mass is 465 g/mol. The molecule has 0 N–H and O–H groups in total. The minimum Gasteiger partial charge on any atom is -0.308 e. The first-order chi connectivity index (χ1) is 15.0. The van der Waals surface area contributed by atoms with Crippen molar-refractivity contribution >= 4 is 57.2 Å². The number of carbonyl (C=O) groups excluding carboxylic acids is 1. The van der Waals surface area contributed by atoms with Crippen molar-refractivity contribution in [3.63, 3.8) is 0 Å². The van der Waals surface area contributed by atoms with Crippen LogP contribution in [0.4, 0.5) is 5.69 Å². The molecule has 0 radical (unpaired) electrons. The summed E-state index contributed by atoms with van der Waals surface area (Å²) in [5.74, 6) is -0.0513. The lowest BCUT2D eigenvalue weighted by molar-refractivity contribution is -0.119. The van der Waals surface area contributed by atoms with E-state index in [0.29, 0.717) is 28.0 Å². The maximum atomic E-state index is 13.4. The lowest BCUT2D eigenvalue weighted by atomic mass is 9.81. The molecule has 0 bridgehead atoms. The van der Waals surface area contributed by atoms with Crippen LogP contribution in [0.15, 0.2) is 78.9 Å². The van der Waals surface area contributed by atoms with Crippen LogP contribution < -0.4 is 4.90 Å². The van der Waals surface area contributed by atoms with Crippen LogP contribution in [0.2, 0.25) is 15.1 Å². The molecule has 1 unspecified atom stereocenters. The van der Waals surface area contributed by atoms with Gasteiger partial charge >= 0.3 is 0 Å². The van der Waals surface area contributed by atoms with E-state index in [4.69, 9.17) is 34.8 Å². The smallest absolute Gasteiger partial charge is 0.228 e. The average Bonchev–Trinajstić information content (AvgIpc) is 2.78. The molecule has 1 atom stereocenters. The van der Waals surface area contributed by atoms with Crippen molar-refractivity contribution in [3.05, 3.63) is 111 Å². The minimum absolute atomic E-state index is 0.0544. The maximum absolute atomic E-state index is 13.4. The molecule has 0 spiro atoms. The van der Waals surface area contributed by atoms with Crippen molar-refractivity contribution in [3.8, 4) is 0 Å². The van der Waals surface area contributed by atoms with Crippen LogP contribution >= 0.6 is 34.8 Å². The van der Waals surface area contributed by atoms with E-state index in [1.165, 1.54) is 0 Å². The molecular weight excluding hydrogens is 449 g/mol. The number of anilines is 1. The lowest BCUT2D eigenvalue weighted by Crippen LogP contribution is -2.36. The Morgan fingerprint density at radius 1 is 0.806 bits per heavy atom. The summed E-state index contributed by atoms with van der Waals surface area (Å²) < 4.78 is 0. The highest BCUT2D eigenvalue weighted by Gasteiger charge is 2.34. The molecule has 1 aliphatic rings. The second kappa shape index (κ2) is 8.20. The third kappa shape index (κ3) is 3.70. The summed E-state index contributed by atoms with van der Waals surface area (Å²) in [6.07, 6.45) is 0.351. The molecule has 4 aromatic carbocycles. The van der Waals surface area contributed by atoms with Gasteiger partial charge in [-0.2, -0.15) is 0 Å². The Balaban J connectivity index is 1.70. The third-order valence-electron chi connectivity index (χ3n) is 5.90.